The minimum atomic E-state index is 0.700. The van der Waals surface area contributed by atoms with E-state index in [9.17, 15) is 0 Å². The van der Waals surface area contributed by atoms with Crippen molar-refractivity contribution in [3.63, 3.8) is 0 Å². The smallest absolute Gasteiger partial charge is 0.144 e. The highest BCUT2D eigenvalue weighted by molar-refractivity contribution is 5.90. The Labute approximate surface area is 178 Å². The van der Waals surface area contributed by atoms with Crippen molar-refractivity contribution < 1.29 is 4.52 Å². The molecule has 0 amide bonds. The predicted molar refractivity (Wildman–Crippen MR) is 123 cm³/mol. The molecule has 0 bridgehead atoms. The first-order valence-corrected chi connectivity index (χ1v) is 10.2. The summed E-state index contributed by atoms with van der Waals surface area (Å²) in [5.74, 6) is 0.939. The standard InChI is InChI=1S/C26H27N3O/c1-18-10-12-21(13-11-18)16-23(22-8-6-5-7-9-22)20(3)29-15-14-25-24(17-29)26(28-30-25)19(2)27-4/h5-13,16,27H,2-3,14-15,17H2,1,4H3/b23-16-. The molecule has 4 rings (SSSR count). The molecule has 1 N–H and O–H groups in total. The summed E-state index contributed by atoms with van der Waals surface area (Å²) in [7, 11) is 1.85. The van der Waals surface area contributed by atoms with E-state index < -0.39 is 0 Å². The van der Waals surface area contributed by atoms with Gasteiger partial charge in [0.15, 0.2) is 0 Å². The Morgan fingerprint density at radius 1 is 1.10 bits per heavy atom. The van der Waals surface area contributed by atoms with Gasteiger partial charge >= 0.3 is 0 Å². The van der Waals surface area contributed by atoms with Crippen molar-refractivity contribution in [3.8, 4) is 0 Å². The third-order valence-electron chi connectivity index (χ3n) is 5.58. The number of nitrogens with zero attached hydrogens (tertiary/aromatic N) is 2. The molecule has 0 radical (unpaired) electrons. The van der Waals surface area contributed by atoms with Gasteiger partial charge in [-0.05, 0) is 24.1 Å². The fourth-order valence-electron chi connectivity index (χ4n) is 3.75. The van der Waals surface area contributed by atoms with E-state index in [1.165, 1.54) is 5.56 Å². The Balaban J connectivity index is 1.68. The van der Waals surface area contributed by atoms with E-state index in [-0.39, 0.29) is 0 Å². The molecule has 4 nitrogen and oxygen atoms in total. The molecule has 0 atom stereocenters. The van der Waals surface area contributed by atoms with Crippen LogP contribution in [0.1, 0.15) is 33.7 Å². The van der Waals surface area contributed by atoms with Gasteiger partial charge < -0.3 is 14.7 Å². The van der Waals surface area contributed by atoms with Crippen LogP contribution in [0.25, 0.3) is 17.3 Å². The molecule has 1 aliphatic rings. The van der Waals surface area contributed by atoms with Crippen molar-refractivity contribution >= 4 is 17.3 Å². The summed E-state index contributed by atoms with van der Waals surface area (Å²) in [5, 5.41) is 7.31. The average Bonchev–Trinajstić information content (AvgIpc) is 3.21. The second kappa shape index (κ2) is 8.46. The first kappa shape index (κ1) is 19.8. The first-order valence-electron chi connectivity index (χ1n) is 10.2. The molecule has 2 heterocycles. The molecule has 0 fully saturated rings. The normalized spacial score (nSPS) is 13.7. The zero-order valence-corrected chi connectivity index (χ0v) is 17.6. The van der Waals surface area contributed by atoms with Crippen molar-refractivity contribution in [2.75, 3.05) is 13.6 Å². The Morgan fingerprint density at radius 3 is 2.53 bits per heavy atom. The van der Waals surface area contributed by atoms with Crippen LogP contribution in [0, 0.1) is 6.92 Å². The Hall–Kier alpha value is -3.53. The summed E-state index contributed by atoms with van der Waals surface area (Å²) < 4.78 is 5.57. The lowest BCUT2D eigenvalue weighted by molar-refractivity contribution is 0.297. The highest BCUT2D eigenvalue weighted by Gasteiger charge is 2.27. The summed E-state index contributed by atoms with van der Waals surface area (Å²) in [5.41, 5.74) is 8.33. The van der Waals surface area contributed by atoms with Crippen LogP contribution < -0.4 is 5.32 Å². The van der Waals surface area contributed by atoms with Crippen molar-refractivity contribution in [3.05, 3.63) is 107 Å². The van der Waals surface area contributed by atoms with Gasteiger partial charge in [-0.2, -0.15) is 0 Å². The highest BCUT2D eigenvalue weighted by Crippen LogP contribution is 2.33. The summed E-state index contributed by atoms with van der Waals surface area (Å²) >= 11 is 0. The van der Waals surface area contributed by atoms with Gasteiger partial charge in [-0.1, -0.05) is 78.5 Å². The summed E-state index contributed by atoms with van der Waals surface area (Å²) in [6, 6.07) is 19.0. The lowest BCUT2D eigenvalue weighted by atomic mass is 9.97. The van der Waals surface area contributed by atoms with E-state index in [2.05, 4.69) is 90.1 Å². The zero-order valence-electron chi connectivity index (χ0n) is 17.6. The third-order valence-corrected chi connectivity index (χ3v) is 5.58. The zero-order chi connectivity index (χ0) is 21.1. The van der Waals surface area contributed by atoms with Crippen molar-refractivity contribution in [1.29, 1.82) is 0 Å². The van der Waals surface area contributed by atoms with Gasteiger partial charge in [-0.3, -0.25) is 0 Å². The summed E-state index contributed by atoms with van der Waals surface area (Å²) in [4.78, 5) is 2.30. The third kappa shape index (κ3) is 3.94. The molecule has 4 heteroatoms. The fourth-order valence-corrected chi connectivity index (χ4v) is 3.75. The van der Waals surface area contributed by atoms with E-state index >= 15 is 0 Å². The molecular formula is C26H27N3O. The Bertz CT molecular complexity index is 1090. The number of nitrogens with one attached hydrogen (secondary N) is 1. The van der Waals surface area contributed by atoms with Crippen LogP contribution in [0.3, 0.4) is 0 Å². The van der Waals surface area contributed by atoms with Crippen LogP contribution in [0.5, 0.6) is 0 Å². The van der Waals surface area contributed by atoms with Gasteiger partial charge in [-0.25, -0.2) is 0 Å². The molecule has 0 saturated heterocycles. The summed E-state index contributed by atoms with van der Waals surface area (Å²) in [6.45, 7) is 12.2. The lowest BCUT2D eigenvalue weighted by Gasteiger charge is -2.31. The van der Waals surface area contributed by atoms with Crippen LogP contribution in [-0.2, 0) is 13.0 Å². The maximum atomic E-state index is 5.57. The highest BCUT2D eigenvalue weighted by atomic mass is 16.5. The number of allylic oxidation sites excluding steroid dienone is 1. The van der Waals surface area contributed by atoms with Gasteiger partial charge in [0.1, 0.15) is 11.5 Å². The minimum Gasteiger partial charge on any atom is -0.387 e. The second-order valence-electron chi connectivity index (χ2n) is 7.61. The maximum absolute atomic E-state index is 5.57. The number of fused-ring (bicyclic) bond motifs is 1. The SMILES string of the molecule is C=C(NC)c1noc2c1CN(C(=C)/C(=C/c1ccc(C)cc1)c1ccccc1)CC2. The summed E-state index contributed by atoms with van der Waals surface area (Å²) in [6.07, 6.45) is 3.01. The van der Waals surface area contributed by atoms with E-state index in [0.29, 0.717) is 6.54 Å². The Kier molecular flexibility index (Phi) is 5.57. The molecule has 1 aliphatic heterocycles. The fraction of sp³-hybridized carbons (Fsp3) is 0.192. The quantitative estimate of drug-likeness (QED) is 0.453. The van der Waals surface area contributed by atoms with Crippen LogP contribution in [0.4, 0.5) is 0 Å². The van der Waals surface area contributed by atoms with Gasteiger partial charge in [0, 0.05) is 43.4 Å². The molecule has 0 spiro atoms. The predicted octanol–water partition coefficient (Wildman–Crippen LogP) is 5.29. The number of hydrogen-bond donors (Lipinski definition) is 1. The minimum absolute atomic E-state index is 0.700. The van der Waals surface area contributed by atoms with Gasteiger partial charge in [-0.15, -0.1) is 0 Å². The number of hydrogen-bond acceptors (Lipinski definition) is 4. The number of aromatic nitrogens is 1. The largest absolute Gasteiger partial charge is 0.387 e. The van der Waals surface area contributed by atoms with E-state index in [0.717, 1.165) is 58.1 Å². The Morgan fingerprint density at radius 2 is 1.83 bits per heavy atom. The maximum Gasteiger partial charge on any atom is 0.144 e. The van der Waals surface area contributed by atoms with Crippen LogP contribution in [-0.4, -0.2) is 23.6 Å². The first-order chi connectivity index (χ1) is 14.6. The van der Waals surface area contributed by atoms with Gasteiger partial charge in [0.05, 0.1) is 5.70 Å². The van der Waals surface area contributed by atoms with Crippen LogP contribution in [0.2, 0.25) is 0 Å². The van der Waals surface area contributed by atoms with Crippen molar-refractivity contribution in [2.24, 2.45) is 0 Å². The number of benzene rings is 2. The topological polar surface area (TPSA) is 41.3 Å². The van der Waals surface area contributed by atoms with Crippen LogP contribution >= 0.6 is 0 Å². The molecule has 0 saturated carbocycles. The van der Waals surface area contributed by atoms with Crippen LogP contribution in [0.15, 0.2) is 78.0 Å². The monoisotopic (exact) mass is 397 g/mol. The molecule has 0 unspecified atom stereocenters. The second-order valence-corrected chi connectivity index (χ2v) is 7.61. The molecule has 2 aromatic carbocycles. The van der Waals surface area contributed by atoms with E-state index in [1.54, 1.807) is 0 Å². The van der Waals surface area contributed by atoms with E-state index in [1.807, 2.05) is 13.1 Å². The molecule has 30 heavy (non-hydrogen) atoms. The molecule has 0 aliphatic carbocycles. The molecule has 3 aromatic rings. The van der Waals surface area contributed by atoms with Gasteiger partial charge in [0.2, 0.25) is 0 Å². The lowest BCUT2D eigenvalue weighted by Crippen LogP contribution is -2.30. The number of aryl methyl sites for hydroxylation is 1. The molecule has 1 aromatic heterocycles. The van der Waals surface area contributed by atoms with E-state index in [4.69, 9.17) is 4.52 Å². The van der Waals surface area contributed by atoms with Crippen molar-refractivity contribution in [2.45, 2.75) is 19.9 Å². The van der Waals surface area contributed by atoms with Gasteiger partial charge in [0.25, 0.3) is 0 Å². The molecular weight excluding hydrogens is 370 g/mol. The van der Waals surface area contributed by atoms with Crippen molar-refractivity contribution in [1.82, 2.24) is 15.4 Å². The average molecular weight is 398 g/mol. The molecule has 152 valence electrons. The number of rotatable bonds is 6.